The van der Waals surface area contributed by atoms with E-state index in [9.17, 15) is 4.39 Å². The molecule has 0 spiro atoms. The van der Waals surface area contributed by atoms with E-state index >= 15 is 0 Å². The second kappa shape index (κ2) is 7.81. The highest BCUT2D eigenvalue weighted by atomic mass is 35.5. The molecule has 1 aromatic carbocycles. The van der Waals surface area contributed by atoms with Crippen molar-refractivity contribution >= 4 is 36.4 Å². The third kappa shape index (κ3) is 3.99. The minimum atomic E-state index is -0.324. The van der Waals surface area contributed by atoms with E-state index in [0.29, 0.717) is 6.04 Å². The summed E-state index contributed by atoms with van der Waals surface area (Å²) in [6.45, 7) is 4.21. The number of benzene rings is 1. The van der Waals surface area contributed by atoms with E-state index < -0.39 is 0 Å². The number of nitrogens with one attached hydrogen (secondary N) is 1. The van der Waals surface area contributed by atoms with Crippen molar-refractivity contribution in [3.8, 4) is 0 Å². The quantitative estimate of drug-likeness (QED) is 0.902. The maximum Gasteiger partial charge on any atom is 0.141 e. The van der Waals surface area contributed by atoms with Crippen LogP contribution in [0.3, 0.4) is 0 Å². The lowest BCUT2D eigenvalue weighted by Gasteiger charge is -2.35. The van der Waals surface area contributed by atoms with Gasteiger partial charge in [-0.1, -0.05) is 17.7 Å². The molecule has 0 bridgehead atoms. The molecule has 3 rings (SSSR count). The molecule has 6 heteroatoms. The summed E-state index contributed by atoms with van der Waals surface area (Å²) < 4.78 is 13.3. The topological polar surface area (TPSA) is 15.3 Å². The van der Waals surface area contributed by atoms with Gasteiger partial charge in [-0.05, 0) is 36.5 Å². The van der Waals surface area contributed by atoms with Gasteiger partial charge in [-0.2, -0.15) is 0 Å². The molecule has 2 fully saturated rings. The van der Waals surface area contributed by atoms with Crippen LogP contribution in [0.15, 0.2) is 18.2 Å². The van der Waals surface area contributed by atoms with Crippen molar-refractivity contribution in [1.82, 2.24) is 10.2 Å². The first-order valence-electron chi connectivity index (χ1n) is 6.65. The molecule has 114 valence electrons. The van der Waals surface area contributed by atoms with Gasteiger partial charge in [0, 0.05) is 32.2 Å². The summed E-state index contributed by atoms with van der Waals surface area (Å²) >= 11 is 5.92. The predicted molar refractivity (Wildman–Crippen MR) is 85.8 cm³/mol. The van der Waals surface area contributed by atoms with Crippen molar-refractivity contribution < 1.29 is 4.39 Å². The maximum absolute atomic E-state index is 13.3. The Morgan fingerprint density at radius 1 is 1.20 bits per heavy atom. The van der Waals surface area contributed by atoms with Gasteiger partial charge in [0.1, 0.15) is 5.82 Å². The molecule has 1 atom stereocenters. The van der Waals surface area contributed by atoms with Crippen molar-refractivity contribution in [2.75, 3.05) is 26.2 Å². The van der Waals surface area contributed by atoms with Crippen molar-refractivity contribution in [3.63, 3.8) is 0 Å². The highest BCUT2D eigenvalue weighted by Crippen LogP contribution is 2.45. The standard InChI is InChI=1S/C14H18ClFN2.2ClH/c15-12-9-11(3-4-13(12)16)14(10-1-2-10)18-7-5-17-6-8-18;;/h3-4,9-10,14,17H,1-2,5-8H2;2*1H/t14-;;/m1../s1. The fourth-order valence-corrected chi connectivity index (χ4v) is 3.04. The Morgan fingerprint density at radius 3 is 2.40 bits per heavy atom. The first-order chi connectivity index (χ1) is 8.75. The monoisotopic (exact) mass is 340 g/mol. The Morgan fingerprint density at radius 2 is 1.85 bits per heavy atom. The summed E-state index contributed by atoms with van der Waals surface area (Å²) in [5.41, 5.74) is 1.17. The van der Waals surface area contributed by atoms with Gasteiger partial charge >= 0.3 is 0 Å². The molecule has 20 heavy (non-hydrogen) atoms. The smallest absolute Gasteiger partial charge is 0.141 e. The molecule has 1 aliphatic heterocycles. The largest absolute Gasteiger partial charge is 0.314 e. The Hall–Kier alpha value is -0.0600. The highest BCUT2D eigenvalue weighted by molar-refractivity contribution is 6.30. The summed E-state index contributed by atoms with van der Waals surface area (Å²) in [6, 6.07) is 5.62. The van der Waals surface area contributed by atoms with Crippen LogP contribution in [0.2, 0.25) is 5.02 Å². The van der Waals surface area contributed by atoms with E-state index in [2.05, 4.69) is 10.2 Å². The van der Waals surface area contributed by atoms with Crippen LogP contribution in [0.5, 0.6) is 0 Å². The van der Waals surface area contributed by atoms with Crippen LogP contribution >= 0.6 is 36.4 Å². The van der Waals surface area contributed by atoms with Crippen molar-refractivity contribution in [1.29, 1.82) is 0 Å². The lowest BCUT2D eigenvalue weighted by Crippen LogP contribution is -2.45. The Kier molecular flexibility index (Phi) is 7.02. The third-order valence-corrected chi connectivity index (χ3v) is 4.19. The van der Waals surface area contributed by atoms with E-state index in [1.807, 2.05) is 12.1 Å². The molecular formula is C14H20Cl3FN2. The van der Waals surface area contributed by atoms with Gasteiger partial charge in [-0.3, -0.25) is 4.90 Å². The van der Waals surface area contributed by atoms with Crippen molar-refractivity contribution in [3.05, 3.63) is 34.6 Å². The first-order valence-corrected chi connectivity index (χ1v) is 7.03. The van der Waals surface area contributed by atoms with Crippen LogP contribution in [0.4, 0.5) is 4.39 Å². The van der Waals surface area contributed by atoms with Gasteiger partial charge in [0.15, 0.2) is 0 Å². The normalized spacial score (nSPS) is 20.7. The fraction of sp³-hybridized carbons (Fsp3) is 0.571. The van der Waals surface area contributed by atoms with Gasteiger partial charge in [-0.25, -0.2) is 4.39 Å². The van der Waals surface area contributed by atoms with Crippen LogP contribution in [0.25, 0.3) is 0 Å². The molecule has 0 radical (unpaired) electrons. The minimum absolute atomic E-state index is 0. The van der Waals surface area contributed by atoms with Gasteiger partial charge in [0.05, 0.1) is 5.02 Å². The number of hydrogen-bond donors (Lipinski definition) is 1. The van der Waals surface area contributed by atoms with Gasteiger partial charge in [0.25, 0.3) is 0 Å². The zero-order valence-corrected chi connectivity index (χ0v) is 13.5. The van der Waals surface area contributed by atoms with E-state index in [1.165, 1.54) is 24.5 Å². The zero-order chi connectivity index (χ0) is 12.5. The molecule has 1 saturated carbocycles. The summed E-state index contributed by atoms with van der Waals surface area (Å²) in [7, 11) is 0. The van der Waals surface area contributed by atoms with Crippen LogP contribution in [-0.2, 0) is 0 Å². The van der Waals surface area contributed by atoms with E-state index in [-0.39, 0.29) is 35.7 Å². The molecule has 1 saturated heterocycles. The predicted octanol–water partition coefficient (Wildman–Crippen LogP) is 3.68. The summed E-state index contributed by atoms with van der Waals surface area (Å²) in [5, 5.41) is 3.62. The zero-order valence-electron chi connectivity index (χ0n) is 11.1. The van der Waals surface area contributed by atoms with Gasteiger partial charge in [0.2, 0.25) is 0 Å². The molecule has 1 heterocycles. The first kappa shape index (κ1) is 18.0. The third-order valence-electron chi connectivity index (χ3n) is 3.90. The second-order valence-electron chi connectivity index (χ2n) is 5.24. The average molecular weight is 342 g/mol. The Bertz CT molecular complexity index is 434. The summed E-state index contributed by atoms with van der Waals surface area (Å²) in [5.74, 6) is 0.403. The lowest BCUT2D eigenvalue weighted by molar-refractivity contribution is 0.156. The Balaban J connectivity index is 0.000001000. The average Bonchev–Trinajstić information content (AvgIpc) is 3.20. The fourth-order valence-electron chi connectivity index (χ4n) is 2.85. The molecule has 1 aromatic rings. The molecule has 1 aliphatic carbocycles. The van der Waals surface area contributed by atoms with Gasteiger partial charge in [-0.15, -0.1) is 24.8 Å². The molecule has 1 N–H and O–H groups in total. The number of rotatable bonds is 3. The molecule has 0 amide bonds. The number of nitrogens with zero attached hydrogens (tertiary/aromatic N) is 1. The SMILES string of the molecule is Cl.Cl.Fc1ccc([C@@H](C2CC2)N2CCNCC2)cc1Cl. The van der Waals surface area contributed by atoms with Gasteiger partial charge < -0.3 is 5.32 Å². The minimum Gasteiger partial charge on any atom is -0.314 e. The summed E-state index contributed by atoms with van der Waals surface area (Å²) in [4.78, 5) is 2.51. The van der Waals surface area contributed by atoms with E-state index in [0.717, 1.165) is 32.1 Å². The molecule has 0 unspecified atom stereocenters. The van der Waals surface area contributed by atoms with E-state index in [4.69, 9.17) is 11.6 Å². The Labute approximate surface area is 136 Å². The summed E-state index contributed by atoms with van der Waals surface area (Å²) in [6.07, 6.45) is 2.56. The van der Waals surface area contributed by atoms with Crippen molar-refractivity contribution in [2.24, 2.45) is 5.92 Å². The van der Waals surface area contributed by atoms with Crippen LogP contribution < -0.4 is 5.32 Å². The molecular weight excluding hydrogens is 322 g/mol. The van der Waals surface area contributed by atoms with Crippen molar-refractivity contribution in [2.45, 2.75) is 18.9 Å². The molecule has 2 nitrogen and oxygen atoms in total. The maximum atomic E-state index is 13.3. The van der Waals surface area contributed by atoms with Crippen LogP contribution in [0.1, 0.15) is 24.4 Å². The molecule has 0 aromatic heterocycles. The number of halogens is 4. The van der Waals surface area contributed by atoms with Crippen LogP contribution in [0, 0.1) is 11.7 Å². The highest BCUT2D eigenvalue weighted by Gasteiger charge is 2.36. The number of hydrogen-bond acceptors (Lipinski definition) is 2. The van der Waals surface area contributed by atoms with E-state index in [1.54, 1.807) is 0 Å². The van der Waals surface area contributed by atoms with Crippen LogP contribution in [-0.4, -0.2) is 31.1 Å². The second-order valence-corrected chi connectivity index (χ2v) is 5.65. The number of piperazine rings is 1. The molecule has 2 aliphatic rings. The lowest BCUT2D eigenvalue weighted by atomic mass is 10.00.